The number of carbonyl (C=O) groups is 2. The Morgan fingerprint density at radius 2 is 1.82 bits per heavy atom. The number of aliphatic hydroxyl groups is 1. The van der Waals surface area contributed by atoms with Gasteiger partial charge in [0, 0.05) is 41.9 Å². The summed E-state index contributed by atoms with van der Waals surface area (Å²) >= 11 is 0. The Balaban J connectivity index is 1.92. The monoisotopic (exact) mass is 376 g/mol. The van der Waals surface area contributed by atoms with E-state index in [1.165, 1.54) is 4.90 Å². The van der Waals surface area contributed by atoms with E-state index in [1.54, 1.807) is 37.6 Å². The minimum Gasteiger partial charge on any atom is -0.507 e. The first kappa shape index (κ1) is 18.0. The highest BCUT2D eigenvalue weighted by atomic mass is 16.5. The predicted octanol–water partition coefficient (Wildman–Crippen LogP) is 3.24. The number of benzene rings is 2. The number of hydrogen-bond acceptors (Lipinski definition) is 4. The molecule has 28 heavy (non-hydrogen) atoms. The van der Waals surface area contributed by atoms with Crippen molar-refractivity contribution in [3.05, 3.63) is 77.5 Å². The van der Waals surface area contributed by atoms with Crippen LogP contribution in [-0.2, 0) is 14.3 Å². The second-order valence-corrected chi connectivity index (χ2v) is 6.64. The molecule has 1 atom stereocenters. The minimum atomic E-state index is -0.688. The number of fused-ring (bicyclic) bond motifs is 1. The van der Waals surface area contributed by atoms with E-state index in [0.717, 1.165) is 16.5 Å². The standard InChI is InChI=1S/C22H20N2O4/c1-28-12-11-24-19(16-13-23-17-10-6-5-9-15(16)17)18(21(26)22(24)27)20(25)14-7-3-2-4-8-14/h2-10,13,19,23,25H,11-12H2,1H3/b20-18+. The van der Waals surface area contributed by atoms with Crippen LogP contribution < -0.4 is 0 Å². The van der Waals surface area contributed by atoms with Crippen molar-refractivity contribution < 1.29 is 19.4 Å². The number of nitrogens with zero attached hydrogens (tertiary/aromatic N) is 1. The number of aromatic nitrogens is 1. The molecule has 1 amide bonds. The van der Waals surface area contributed by atoms with Gasteiger partial charge < -0.3 is 19.7 Å². The third-order valence-electron chi connectivity index (χ3n) is 5.04. The van der Waals surface area contributed by atoms with Crippen LogP contribution in [0.25, 0.3) is 16.7 Å². The van der Waals surface area contributed by atoms with Gasteiger partial charge in [-0.15, -0.1) is 0 Å². The van der Waals surface area contributed by atoms with E-state index in [4.69, 9.17) is 4.74 Å². The predicted molar refractivity (Wildman–Crippen MR) is 106 cm³/mol. The second-order valence-electron chi connectivity index (χ2n) is 6.64. The Morgan fingerprint density at radius 1 is 1.11 bits per heavy atom. The van der Waals surface area contributed by atoms with Gasteiger partial charge in [0.15, 0.2) is 0 Å². The third-order valence-corrected chi connectivity index (χ3v) is 5.04. The Morgan fingerprint density at radius 3 is 2.57 bits per heavy atom. The number of carbonyl (C=O) groups excluding carboxylic acids is 2. The van der Waals surface area contributed by atoms with Crippen LogP contribution in [0, 0.1) is 0 Å². The zero-order chi connectivity index (χ0) is 19.7. The number of H-pyrrole nitrogens is 1. The van der Waals surface area contributed by atoms with E-state index in [1.807, 2.05) is 30.3 Å². The second kappa shape index (κ2) is 7.32. The number of ether oxygens (including phenoxy) is 1. The van der Waals surface area contributed by atoms with Gasteiger partial charge in [0.25, 0.3) is 11.7 Å². The average molecular weight is 376 g/mol. The smallest absolute Gasteiger partial charge is 0.295 e. The summed E-state index contributed by atoms with van der Waals surface area (Å²) in [5, 5.41) is 11.8. The molecule has 6 nitrogen and oxygen atoms in total. The van der Waals surface area contributed by atoms with Crippen LogP contribution in [0.1, 0.15) is 17.2 Å². The zero-order valence-electron chi connectivity index (χ0n) is 15.4. The average Bonchev–Trinajstić information content (AvgIpc) is 3.26. The molecule has 0 aliphatic carbocycles. The van der Waals surface area contributed by atoms with E-state index >= 15 is 0 Å². The molecular formula is C22H20N2O4. The van der Waals surface area contributed by atoms with E-state index in [9.17, 15) is 14.7 Å². The molecule has 6 heteroatoms. The van der Waals surface area contributed by atoms with E-state index in [-0.39, 0.29) is 24.5 Å². The molecule has 1 aliphatic rings. The molecule has 2 aromatic carbocycles. The number of methoxy groups -OCH3 is 1. The van der Waals surface area contributed by atoms with Crippen molar-refractivity contribution >= 4 is 28.4 Å². The third kappa shape index (κ3) is 2.88. The Labute approximate surface area is 162 Å². The number of likely N-dealkylation sites (tertiary alicyclic amines) is 1. The normalized spacial score (nSPS) is 18.9. The molecule has 1 saturated heterocycles. The quantitative estimate of drug-likeness (QED) is 0.407. The Hall–Kier alpha value is -3.38. The highest BCUT2D eigenvalue weighted by Crippen LogP contribution is 2.41. The number of ketones is 1. The van der Waals surface area contributed by atoms with Crippen molar-refractivity contribution in [3.8, 4) is 0 Å². The molecule has 142 valence electrons. The summed E-state index contributed by atoms with van der Waals surface area (Å²) in [6, 6.07) is 15.8. The molecule has 4 rings (SSSR count). The van der Waals surface area contributed by atoms with Gasteiger partial charge in [-0.2, -0.15) is 0 Å². The minimum absolute atomic E-state index is 0.0945. The summed E-state index contributed by atoms with van der Waals surface area (Å²) in [6.45, 7) is 0.536. The SMILES string of the molecule is COCCN1C(=O)C(=O)/C(=C(/O)c2ccccc2)C1c1c[nH]c2ccccc12. The summed E-state index contributed by atoms with van der Waals surface area (Å²) in [4.78, 5) is 30.3. The molecule has 0 radical (unpaired) electrons. The van der Waals surface area contributed by atoms with Crippen molar-refractivity contribution in [2.24, 2.45) is 0 Å². The molecule has 1 fully saturated rings. The molecule has 3 aromatic rings. The van der Waals surface area contributed by atoms with Crippen LogP contribution in [0.4, 0.5) is 0 Å². The molecule has 0 bridgehead atoms. The van der Waals surface area contributed by atoms with Gasteiger partial charge >= 0.3 is 0 Å². The largest absolute Gasteiger partial charge is 0.507 e. The molecule has 2 heterocycles. The lowest BCUT2D eigenvalue weighted by Crippen LogP contribution is -2.32. The summed E-state index contributed by atoms with van der Waals surface area (Å²) in [6.07, 6.45) is 1.79. The highest BCUT2D eigenvalue weighted by molar-refractivity contribution is 6.46. The maximum atomic E-state index is 12.9. The fourth-order valence-electron chi connectivity index (χ4n) is 3.70. The van der Waals surface area contributed by atoms with Gasteiger partial charge in [-0.3, -0.25) is 9.59 Å². The molecular weight excluding hydrogens is 356 g/mol. The Bertz CT molecular complexity index is 1070. The fourth-order valence-corrected chi connectivity index (χ4v) is 3.70. The topological polar surface area (TPSA) is 82.6 Å². The summed E-state index contributed by atoms with van der Waals surface area (Å²) < 4.78 is 5.13. The zero-order valence-corrected chi connectivity index (χ0v) is 15.4. The number of amides is 1. The summed E-state index contributed by atoms with van der Waals surface area (Å²) in [7, 11) is 1.54. The lowest BCUT2D eigenvalue weighted by Gasteiger charge is -2.24. The number of nitrogens with one attached hydrogen (secondary N) is 1. The van der Waals surface area contributed by atoms with Crippen molar-refractivity contribution in [2.75, 3.05) is 20.3 Å². The molecule has 1 aromatic heterocycles. The first-order chi connectivity index (χ1) is 13.6. The van der Waals surface area contributed by atoms with E-state index in [0.29, 0.717) is 5.56 Å². The van der Waals surface area contributed by atoms with Gasteiger partial charge in [0.1, 0.15) is 5.76 Å². The van der Waals surface area contributed by atoms with Crippen LogP contribution in [0.15, 0.2) is 66.4 Å². The van der Waals surface area contributed by atoms with Gasteiger partial charge in [-0.1, -0.05) is 48.5 Å². The van der Waals surface area contributed by atoms with Gasteiger partial charge in [-0.05, 0) is 6.07 Å². The summed E-state index contributed by atoms with van der Waals surface area (Å²) in [5.41, 5.74) is 2.26. The molecule has 1 aliphatic heterocycles. The van der Waals surface area contributed by atoms with Crippen LogP contribution in [0.2, 0.25) is 0 Å². The van der Waals surface area contributed by atoms with Gasteiger partial charge in [0.2, 0.25) is 0 Å². The maximum absolute atomic E-state index is 12.9. The van der Waals surface area contributed by atoms with Crippen LogP contribution in [-0.4, -0.2) is 46.9 Å². The molecule has 1 unspecified atom stereocenters. The van der Waals surface area contributed by atoms with Gasteiger partial charge in [0.05, 0.1) is 18.2 Å². The van der Waals surface area contributed by atoms with Crippen LogP contribution in [0.3, 0.4) is 0 Å². The van der Waals surface area contributed by atoms with E-state index < -0.39 is 17.7 Å². The number of rotatable bonds is 5. The number of Topliss-reactive ketones (excluding diaryl/α,β-unsaturated/α-hetero) is 1. The first-order valence-corrected chi connectivity index (χ1v) is 9.02. The first-order valence-electron chi connectivity index (χ1n) is 9.02. The molecule has 0 spiro atoms. The number of para-hydroxylation sites is 1. The van der Waals surface area contributed by atoms with Crippen molar-refractivity contribution in [2.45, 2.75) is 6.04 Å². The number of aliphatic hydroxyl groups excluding tert-OH is 1. The van der Waals surface area contributed by atoms with E-state index in [2.05, 4.69) is 4.98 Å². The van der Waals surface area contributed by atoms with Crippen LogP contribution >= 0.6 is 0 Å². The van der Waals surface area contributed by atoms with Crippen molar-refractivity contribution in [1.82, 2.24) is 9.88 Å². The lowest BCUT2D eigenvalue weighted by atomic mass is 9.95. The number of aromatic amines is 1. The highest BCUT2D eigenvalue weighted by Gasteiger charge is 2.46. The van der Waals surface area contributed by atoms with Gasteiger partial charge in [-0.25, -0.2) is 0 Å². The van der Waals surface area contributed by atoms with Crippen LogP contribution in [0.5, 0.6) is 0 Å². The molecule has 0 saturated carbocycles. The van der Waals surface area contributed by atoms with Crippen molar-refractivity contribution in [1.29, 1.82) is 0 Å². The van der Waals surface area contributed by atoms with Crippen molar-refractivity contribution in [3.63, 3.8) is 0 Å². The Kier molecular flexibility index (Phi) is 4.71. The summed E-state index contributed by atoms with van der Waals surface area (Å²) in [5.74, 6) is -1.49. The fraction of sp³-hybridized carbons (Fsp3) is 0.182. The maximum Gasteiger partial charge on any atom is 0.295 e. The lowest BCUT2D eigenvalue weighted by molar-refractivity contribution is -0.140. The number of hydrogen-bond donors (Lipinski definition) is 2. The molecule has 2 N–H and O–H groups in total.